The molecule has 0 aliphatic carbocycles. The molecule has 0 aliphatic rings. The van der Waals surface area contributed by atoms with Crippen LogP contribution in [0.5, 0.6) is 11.5 Å². The van der Waals surface area contributed by atoms with Crippen LogP contribution in [0.1, 0.15) is 12.2 Å². The van der Waals surface area contributed by atoms with Gasteiger partial charge in [0.25, 0.3) is 22.9 Å². The maximum Gasteiger partial charge on any atom is 0.324 e. The first-order chi connectivity index (χ1) is 23.3. The molecule has 0 bridgehead atoms. The Hall–Kier alpha value is -6.88. The SMILES string of the molecule is CN(C)CCCN(C)Cc1cc2ccccc2o1.O=[N+]([O-])c1cc([N+](=O)[O-])c(O)c([N+](=O)[O-])c1.O=[N+]([O-])c1cc([N+](=O)[O-])c(O)c([N+](=O)[O-])c1. The molecule has 4 aromatic rings. The summed E-state index contributed by atoms with van der Waals surface area (Å²) in [6.07, 6.45) is 1.18. The van der Waals surface area contributed by atoms with Crippen LogP contribution in [-0.2, 0) is 6.54 Å². The minimum absolute atomic E-state index is 0.447. The number of benzene rings is 3. The Morgan fingerprint density at radius 2 is 1.00 bits per heavy atom. The van der Waals surface area contributed by atoms with Gasteiger partial charge < -0.3 is 19.5 Å². The van der Waals surface area contributed by atoms with Crippen molar-refractivity contribution in [3.05, 3.63) is 121 Å². The Balaban J connectivity index is 0.000000261. The number of nitrogens with zero attached hydrogens (tertiary/aromatic N) is 8. The molecule has 0 unspecified atom stereocenters. The lowest BCUT2D eigenvalue weighted by molar-refractivity contribution is -0.404. The number of phenols is 2. The second kappa shape index (κ2) is 17.3. The molecule has 2 N–H and O–H groups in total. The van der Waals surface area contributed by atoms with Crippen LogP contribution >= 0.6 is 0 Å². The molecule has 23 heteroatoms. The molecule has 0 radical (unpaired) electrons. The van der Waals surface area contributed by atoms with Crippen molar-refractivity contribution in [3.8, 4) is 11.5 Å². The minimum Gasteiger partial charge on any atom is -0.497 e. The van der Waals surface area contributed by atoms with E-state index in [-0.39, 0.29) is 0 Å². The van der Waals surface area contributed by atoms with Crippen molar-refractivity contribution < 1.29 is 44.2 Å². The molecule has 0 atom stereocenters. The van der Waals surface area contributed by atoms with E-state index >= 15 is 0 Å². The van der Waals surface area contributed by atoms with Crippen molar-refractivity contribution in [2.75, 3.05) is 34.2 Å². The van der Waals surface area contributed by atoms with Gasteiger partial charge in [-0.1, -0.05) is 18.2 Å². The van der Waals surface area contributed by atoms with Crippen LogP contribution in [0.2, 0.25) is 0 Å². The smallest absolute Gasteiger partial charge is 0.324 e. The fourth-order valence-corrected chi connectivity index (χ4v) is 4.06. The van der Waals surface area contributed by atoms with Gasteiger partial charge in [-0.25, -0.2) is 0 Å². The molecule has 23 nitrogen and oxygen atoms in total. The van der Waals surface area contributed by atoms with Crippen LogP contribution in [-0.4, -0.2) is 83.8 Å². The summed E-state index contributed by atoms with van der Waals surface area (Å²) >= 11 is 0. The first-order valence-corrected chi connectivity index (χ1v) is 13.7. The number of aromatic hydroxyl groups is 2. The lowest BCUT2D eigenvalue weighted by Crippen LogP contribution is -2.23. The van der Waals surface area contributed by atoms with Gasteiger partial charge in [-0.2, -0.15) is 0 Å². The van der Waals surface area contributed by atoms with Gasteiger partial charge in [0.15, 0.2) is 0 Å². The average Bonchev–Trinajstić information content (AvgIpc) is 3.43. The van der Waals surface area contributed by atoms with Gasteiger partial charge in [0, 0.05) is 5.39 Å². The van der Waals surface area contributed by atoms with Crippen LogP contribution < -0.4 is 0 Å². The van der Waals surface area contributed by atoms with E-state index in [1.807, 2.05) is 18.2 Å². The maximum atomic E-state index is 10.4. The standard InChI is InChI=1S/C15H22N2O.2C6H3N3O7/c1-16(2)9-6-10-17(3)12-14-11-13-7-4-5-8-15(13)18-14;2*10-6-4(8(13)14)1-3(7(11)12)2-5(6)9(15)16/h4-5,7-8,11H,6,9-10,12H2,1-3H3;2*1-2,10H. The summed E-state index contributed by atoms with van der Waals surface area (Å²) in [4.78, 5) is 60.1. The fourth-order valence-electron chi connectivity index (χ4n) is 4.06. The second-order valence-electron chi connectivity index (χ2n) is 10.4. The van der Waals surface area contributed by atoms with Gasteiger partial charge in [-0.3, -0.25) is 65.6 Å². The van der Waals surface area contributed by atoms with Crippen LogP contribution in [0.4, 0.5) is 34.1 Å². The number of fused-ring (bicyclic) bond motifs is 1. The normalized spacial score (nSPS) is 10.5. The van der Waals surface area contributed by atoms with E-state index in [2.05, 4.69) is 43.1 Å². The molecule has 266 valence electrons. The van der Waals surface area contributed by atoms with Crippen molar-refractivity contribution in [3.63, 3.8) is 0 Å². The maximum absolute atomic E-state index is 10.4. The summed E-state index contributed by atoms with van der Waals surface area (Å²) in [5, 5.41) is 81.6. The molecule has 0 saturated carbocycles. The summed E-state index contributed by atoms with van der Waals surface area (Å²) in [6.45, 7) is 3.10. The first kappa shape index (κ1) is 39.3. The third-order valence-electron chi connectivity index (χ3n) is 6.36. The number of non-ortho nitro benzene ring substituents is 2. The third-order valence-corrected chi connectivity index (χ3v) is 6.36. The predicted octanol–water partition coefficient (Wildman–Crippen LogP) is 5.05. The zero-order chi connectivity index (χ0) is 37.9. The molecule has 1 aromatic heterocycles. The van der Waals surface area contributed by atoms with E-state index in [9.17, 15) is 60.7 Å². The monoisotopic (exact) mass is 704 g/mol. The molecule has 0 amide bonds. The van der Waals surface area contributed by atoms with Crippen LogP contribution in [0.3, 0.4) is 0 Å². The van der Waals surface area contributed by atoms with Crippen molar-refractivity contribution in [2.24, 2.45) is 0 Å². The Morgan fingerprint density at radius 3 is 1.34 bits per heavy atom. The molecule has 0 spiro atoms. The highest BCUT2D eigenvalue weighted by Crippen LogP contribution is 2.40. The highest BCUT2D eigenvalue weighted by Gasteiger charge is 2.31. The van der Waals surface area contributed by atoms with Crippen LogP contribution in [0.25, 0.3) is 11.0 Å². The van der Waals surface area contributed by atoms with E-state index in [0.29, 0.717) is 24.3 Å². The summed E-state index contributed by atoms with van der Waals surface area (Å²) in [6, 6.07) is 12.1. The lowest BCUT2D eigenvalue weighted by Gasteiger charge is -2.16. The van der Waals surface area contributed by atoms with Gasteiger partial charge in [-0.15, -0.1) is 0 Å². The lowest BCUT2D eigenvalue weighted by atomic mass is 10.2. The Bertz CT molecular complexity index is 1730. The highest BCUT2D eigenvalue weighted by atomic mass is 16.7. The Labute approximate surface area is 279 Å². The Morgan fingerprint density at radius 1 is 0.600 bits per heavy atom. The van der Waals surface area contributed by atoms with Gasteiger partial charge in [0.1, 0.15) is 11.3 Å². The number of nitro benzene ring substituents is 6. The van der Waals surface area contributed by atoms with Crippen LogP contribution in [0.15, 0.2) is 59.0 Å². The first-order valence-electron chi connectivity index (χ1n) is 13.7. The number of hydrogen-bond acceptors (Lipinski definition) is 17. The molecule has 3 aromatic carbocycles. The van der Waals surface area contributed by atoms with Gasteiger partial charge in [0.05, 0.1) is 60.4 Å². The molecule has 0 aliphatic heterocycles. The molecular weight excluding hydrogens is 676 g/mol. The molecule has 4 rings (SSSR count). The van der Waals surface area contributed by atoms with Gasteiger partial charge in [-0.05, 0) is 52.8 Å². The quantitative estimate of drug-likeness (QED) is 0.144. The van der Waals surface area contributed by atoms with Crippen LogP contribution in [0, 0.1) is 60.7 Å². The summed E-state index contributed by atoms with van der Waals surface area (Å²) in [5.74, 6) is -1.37. The molecule has 1 heterocycles. The number of para-hydroxylation sites is 1. The summed E-state index contributed by atoms with van der Waals surface area (Å²) in [7, 11) is 6.36. The van der Waals surface area contributed by atoms with Crippen molar-refractivity contribution >= 4 is 45.1 Å². The van der Waals surface area contributed by atoms with E-state index in [1.54, 1.807) is 0 Å². The van der Waals surface area contributed by atoms with Gasteiger partial charge >= 0.3 is 22.7 Å². The average molecular weight is 705 g/mol. The van der Waals surface area contributed by atoms with E-state index < -0.39 is 75.2 Å². The number of furan rings is 1. The van der Waals surface area contributed by atoms with E-state index in [4.69, 9.17) is 14.6 Å². The summed E-state index contributed by atoms with van der Waals surface area (Å²) < 4.78 is 5.81. The zero-order valence-electron chi connectivity index (χ0n) is 26.3. The number of nitro groups is 6. The summed E-state index contributed by atoms with van der Waals surface area (Å²) in [5.41, 5.74) is -5.02. The van der Waals surface area contributed by atoms with E-state index in [0.717, 1.165) is 31.0 Å². The number of phenolic OH excluding ortho intramolecular Hbond substituents is 2. The van der Waals surface area contributed by atoms with Crippen molar-refractivity contribution in [1.29, 1.82) is 0 Å². The number of hydrogen-bond donors (Lipinski definition) is 2. The largest absolute Gasteiger partial charge is 0.497 e. The second-order valence-corrected chi connectivity index (χ2v) is 10.4. The third kappa shape index (κ3) is 10.8. The van der Waals surface area contributed by atoms with Crippen molar-refractivity contribution in [1.82, 2.24) is 9.80 Å². The topological polar surface area (TPSA) is 319 Å². The minimum atomic E-state index is -1.21. The molecular formula is C27H28N8O15. The fraction of sp³-hybridized carbons (Fsp3) is 0.259. The molecule has 50 heavy (non-hydrogen) atoms. The van der Waals surface area contributed by atoms with Crippen molar-refractivity contribution in [2.45, 2.75) is 13.0 Å². The predicted molar refractivity (Wildman–Crippen MR) is 172 cm³/mol. The highest BCUT2D eigenvalue weighted by molar-refractivity contribution is 5.77. The van der Waals surface area contributed by atoms with E-state index in [1.165, 1.54) is 11.8 Å². The molecule has 0 fully saturated rings. The van der Waals surface area contributed by atoms with Gasteiger partial charge in [0.2, 0.25) is 0 Å². The Kier molecular flexibility index (Phi) is 13.6. The number of rotatable bonds is 12. The molecule has 0 saturated heterocycles. The zero-order valence-corrected chi connectivity index (χ0v) is 26.3.